The topological polar surface area (TPSA) is 32.8 Å². The van der Waals surface area contributed by atoms with Crippen LogP contribution in [-0.2, 0) is 10.8 Å². The molecular formula is C71H50N2O2. The fourth-order valence-electron chi connectivity index (χ4n) is 12.7. The van der Waals surface area contributed by atoms with E-state index < -0.39 is 5.41 Å². The summed E-state index contributed by atoms with van der Waals surface area (Å²) in [6, 6.07) is 90.6. The van der Waals surface area contributed by atoms with Gasteiger partial charge in [-0.3, -0.25) is 0 Å². The van der Waals surface area contributed by atoms with E-state index in [1.807, 2.05) is 0 Å². The average molecular weight is 963 g/mol. The molecular weight excluding hydrogens is 913 g/mol. The highest BCUT2D eigenvalue weighted by atomic mass is 16.3. The minimum absolute atomic E-state index is 0.0286. The smallest absolute Gasteiger partial charge is 0.160 e. The summed E-state index contributed by atoms with van der Waals surface area (Å²) in [6.07, 6.45) is 0. The molecule has 356 valence electrons. The third-order valence-electron chi connectivity index (χ3n) is 16.0. The Labute approximate surface area is 436 Å². The van der Waals surface area contributed by atoms with E-state index in [0.717, 1.165) is 94.7 Å². The number of fused-ring (bicyclic) bond motifs is 18. The predicted molar refractivity (Wildman–Crippen MR) is 311 cm³/mol. The Morgan fingerprint density at radius 1 is 0.347 bits per heavy atom. The normalized spacial score (nSPS) is 13.1. The summed E-state index contributed by atoms with van der Waals surface area (Å²) in [7, 11) is 0. The van der Waals surface area contributed by atoms with Gasteiger partial charge in [-0.1, -0.05) is 197 Å². The summed E-state index contributed by atoms with van der Waals surface area (Å²) in [5.41, 5.74) is 21.8. The molecule has 0 bridgehead atoms. The van der Waals surface area contributed by atoms with Gasteiger partial charge >= 0.3 is 0 Å². The van der Waals surface area contributed by atoms with E-state index in [1.54, 1.807) is 0 Å². The molecule has 13 aromatic rings. The zero-order valence-electron chi connectivity index (χ0n) is 41.9. The molecule has 2 aromatic heterocycles. The summed E-state index contributed by atoms with van der Waals surface area (Å²) in [5.74, 6) is 0. The van der Waals surface area contributed by atoms with Crippen molar-refractivity contribution in [2.45, 2.75) is 31.6 Å². The van der Waals surface area contributed by atoms with Crippen molar-refractivity contribution in [1.29, 1.82) is 0 Å². The number of furan rings is 2. The van der Waals surface area contributed by atoms with Crippen LogP contribution in [0.2, 0.25) is 0 Å². The highest BCUT2D eigenvalue weighted by Gasteiger charge is 2.54. The van der Waals surface area contributed by atoms with E-state index >= 15 is 0 Å². The first-order valence-corrected chi connectivity index (χ1v) is 26.0. The number of benzene rings is 11. The van der Waals surface area contributed by atoms with Crippen LogP contribution < -0.4 is 9.80 Å². The van der Waals surface area contributed by atoms with Crippen molar-refractivity contribution in [2.75, 3.05) is 9.80 Å². The van der Waals surface area contributed by atoms with Gasteiger partial charge in [0.2, 0.25) is 0 Å². The van der Waals surface area contributed by atoms with Crippen LogP contribution in [0.25, 0.3) is 77.3 Å². The van der Waals surface area contributed by atoms with E-state index in [1.165, 1.54) is 44.5 Å². The maximum atomic E-state index is 7.47. The van der Waals surface area contributed by atoms with Gasteiger partial charge in [-0.05, 0) is 128 Å². The molecule has 0 fully saturated rings. The lowest BCUT2D eigenvalue weighted by Crippen LogP contribution is -2.26. The van der Waals surface area contributed by atoms with Crippen LogP contribution >= 0.6 is 0 Å². The molecule has 2 aliphatic carbocycles. The second-order valence-electron chi connectivity index (χ2n) is 21.1. The van der Waals surface area contributed by atoms with Gasteiger partial charge in [0.1, 0.15) is 16.7 Å². The van der Waals surface area contributed by atoms with Crippen LogP contribution in [0.15, 0.2) is 258 Å². The van der Waals surface area contributed by atoms with Crippen LogP contribution in [0.4, 0.5) is 34.1 Å². The lowest BCUT2D eigenvalue weighted by atomic mass is 9.70. The first kappa shape index (κ1) is 43.2. The number of para-hydroxylation sites is 4. The first-order chi connectivity index (χ1) is 36.9. The maximum absolute atomic E-state index is 7.47. The molecule has 0 radical (unpaired) electrons. The van der Waals surface area contributed by atoms with Gasteiger partial charge in [-0.25, -0.2) is 0 Å². The van der Waals surface area contributed by atoms with Crippen molar-refractivity contribution in [3.63, 3.8) is 0 Å². The van der Waals surface area contributed by atoms with Gasteiger partial charge in [0.05, 0.1) is 22.2 Å². The lowest BCUT2D eigenvalue weighted by molar-refractivity contribution is 0.590. The van der Waals surface area contributed by atoms with E-state index in [0.29, 0.717) is 0 Å². The quantitative estimate of drug-likeness (QED) is 0.159. The van der Waals surface area contributed by atoms with Crippen LogP contribution in [0, 0.1) is 0 Å². The monoisotopic (exact) mass is 962 g/mol. The van der Waals surface area contributed by atoms with Crippen molar-refractivity contribution in [3.8, 4) is 33.4 Å². The van der Waals surface area contributed by atoms with E-state index in [-0.39, 0.29) is 5.41 Å². The van der Waals surface area contributed by atoms with Gasteiger partial charge in [0.15, 0.2) is 5.58 Å². The van der Waals surface area contributed by atoms with Gasteiger partial charge in [0, 0.05) is 50.0 Å². The van der Waals surface area contributed by atoms with Crippen molar-refractivity contribution < 1.29 is 8.83 Å². The van der Waals surface area contributed by atoms with Crippen molar-refractivity contribution in [3.05, 3.63) is 277 Å². The molecule has 2 aliphatic rings. The number of nitrogens with zero attached hydrogens (tertiary/aromatic N) is 2. The third-order valence-corrected chi connectivity index (χ3v) is 16.0. The summed E-state index contributed by atoms with van der Waals surface area (Å²) in [5, 5.41) is 4.24. The molecule has 0 atom stereocenters. The highest BCUT2D eigenvalue weighted by Crippen LogP contribution is 2.68. The Kier molecular flexibility index (Phi) is 9.40. The van der Waals surface area contributed by atoms with Gasteiger partial charge in [-0.15, -0.1) is 0 Å². The molecule has 0 saturated heterocycles. The maximum Gasteiger partial charge on any atom is 0.160 e. The van der Waals surface area contributed by atoms with E-state index in [9.17, 15) is 0 Å². The molecule has 0 saturated carbocycles. The largest absolute Gasteiger partial charge is 0.455 e. The van der Waals surface area contributed by atoms with E-state index in [4.69, 9.17) is 8.83 Å². The zero-order chi connectivity index (χ0) is 50.0. The van der Waals surface area contributed by atoms with Crippen LogP contribution in [0.1, 0.15) is 48.6 Å². The first-order valence-electron chi connectivity index (χ1n) is 26.0. The molecule has 4 heteroatoms. The summed E-state index contributed by atoms with van der Waals surface area (Å²) in [6.45, 7) is 6.83. The number of hydrogen-bond donors (Lipinski definition) is 0. The Balaban J connectivity index is 1.12. The van der Waals surface area contributed by atoms with Crippen LogP contribution in [0.5, 0.6) is 0 Å². The fraction of sp³-hybridized carbons (Fsp3) is 0.0704. The third kappa shape index (κ3) is 6.30. The molecule has 11 aromatic carbocycles. The van der Waals surface area contributed by atoms with E-state index in [2.05, 4.69) is 279 Å². The van der Waals surface area contributed by atoms with Gasteiger partial charge in [-0.2, -0.15) is 0 Å². The summed E-state index contributed by atoms with van der Waals surface area (Å²) in [4.78, 5) is 4.84. The van der Waals surface area contributed by atoms with Crippen LogP contribution in [-0.4, -0.2) is 0 Å². The molecule has 75 heavy (non-hydrogen) atoms. The number of hydrogen-bond acceptors (Lipinski definition) is 4. The Bertz CT molecular complexity index is 4290. The standard InChI is InChI=1S/C71H50N2O2/c1-70(2,3)47-37-41-51(42-38-47)73(50-39-35-46(36-40-50)45-21-7-4-8-22-45)61-44-58-66(65-55-30-16-20-34-63(55)74-68(61)65)67-59(71(58)56-31-17-13-27-52(56)53-28-14-18-32-57(53)71)43-60(64-54-29-15-19-33-62(54)75-69(64)67)72(48-23-9-5-10-24-48)49-25-11-6-12-26-49/h4-44H,1-3H3. The molecule has 0 amide bonds. The predicted octanol–water partition coefficient (Wildman–Crippen LogP) is 19.7. The minimum atomic E-state index is -0.793. The highest BCUT2D eigenvalue weighted by molar-refractivity contribution is 6.26. The Hall–Kier alpha value is -9.38. The molecule has 0 unspecified atom stereocenters. The Morgan fingerprint density at radius 3 is 1.36 bits per heavy atom. The lowest BCUT2D eigenvalue weighted by Gasteiger charge is -2.33. The molecule has 2 heterocycles. The molecule has 15 rings (SSSR count). The average Bonchev–Trinajstić information content (AvgIpc) is 4.28. The second-order valence-corrected chi connectivity index (χ2v) is 21.1. The van der Waals surface area contributed by atoms with Gasteiger partial charge in [0.25, 0.3) is 0 Å². The zero-order valence-corrected chi connectivity index (χ0v) is 41.9. The number of anilines is 6. The van der Waals surface area contributed by atoms with Crippen molar-refractivity contribution in [2.24, 2.45) is 0 Å². The fourth-order valence-corrected chi connectivity index (χ4v) is 12.7. The number of rotatable bonds is 7. The van der Waals surface area contributed by atoms with Crippen LogP contribution in [0.3, 0.4) is 0 Å². The van der Waals surface area contributed by atoms with Gasteiger partial charge < -0.3 is 18.6 Å². The van der Waals surface area contributed by atoms with Crippen molar-refractivity contribution >= 4 is 78.0 Å². The Morgan fingerprint density at radius 2 is 0.773 bits per heavy atom. The molecule has 4 nitrogen and oxygen atoms in total. The summed E-state index contributed by atoms with van der Waals surface area (Å²) >= 11 is 0. The molecule has 0 aliphatic heterocycles. The minimum Gasteiger partial charge on any atom is -0.455 e. The SMILES string of the molecule is CC(C)(C)c1ccc(N(c2ccc(-c3ccccc3)cc2)c2cc3c(c4c2oc2ccccc24)-c2c(cc(N(c4ccccc4)c4ccccc4)c4c2oc2ccccc24)C32c3ccccc3-c3ccccc32)cc1. The summed E-state index contributed by atoms with van der Waals surface area (Å²) < 4.78 is 14.8. The molecule has 1 spiro atoms. The molecule has 0 N–H and O–H groups in total. The second kappa shape index (κ2) is 16.3. The van der Waals surface area contributed by atoms with Crippen molar-refractivity contribution in [1.82, 2.24) is 0 Å².